The molecule has 0 heterocycles. The molecule has 0 saturated heterocycles. The Balaban J connectivity index is 2.63. The number of nitrogens with one attached hydrogen (secondary N) is 1. The molecule has 1 aromatic carbocycles. The van der Waals surface area contributed by atoms with Crippen LogP contribution in [0.5, 0.6) is 0 Å². The summed E-state index contributed by atoms with van der Waals surface area (Å²) in [6.45, 7) is 3.04. The van der Waals surface area contributed by atoms with Crippen LogP contribution in [0.3, 0.4) is 0 Å². The highest BCUT2D eigenvalue weighted by molar-refractivity contribution is 9.10. The molecule has 0 aliphatic rings. The van der Waals surface area contributed by atoms with Gasteiger partial charge in [-0.3, -0.25) is 0 Å². The third-order valence-corrected chi connectivity index (χ3v) is 3.23. The minimum Gasteiger partial charge on any atom is -0.383 e. The van der Waals surface area contributed by atoms with E-state index >= 15 is 0 Å². The summed E-state index contributed by atoms with van der Waals surface area (Å²) in [7, 11) is 4.11. The smallest absolute Gasteiger partial charge is 0.100 e. The molecule has 16 heavy (non-hydrogen) atoms. The van der Waals surface area contributed by atoms with Crippen LogP contribution < -0.4 is 5.32 Å². The normalized spacial score (nSPS) is 12.2. The largest absolute Gasteiger partial charge is 0.383 e. The number of nitriles is 1. The van der Waals surface area contributed by atoms with Crippen molar-refractivity contribution in [3.63, 3.8) is 0 Å². The van der Waals surface area contributed by atoms with Crippen LogP contribution in [0.4, 0.5) is 5.69 Å². The Kier molecular flexibility index (Phi) is 4.78. The molecule has 1 rings (SSSR count). The number of likely N-dealkylation sites (N-methyl/N-ethyl adjacent to an activating group) is 1. The molecule has 0 aliphatic carbocycles. The molecule has 0 amide bonds. The van der Waals surface area contributed by atoms with E-state index in [2.05, 4.69) is 53.2 Å². The second-order valence-corrected chi connectivity index (χ2v) is 4.85. The fourth-order valence-electron chi connectivity index (χ4n) is 1.16. The Morgan fingerprint density at radius 1 is 1.50 bits per heavy atom. The van der Waals surface area contributed by atoms with Gasteiger partial charge < -0.3 is 10.2 Å². The van der Waals surface area contributed by atoms with Gasteiger partial charge >= 0.3 is 0 Å². The van der Waals surface area contributed by atoms with Crippen molar-refractivity contribution in [1.82, 2.24) is 4.90 Å². The van der Waals surface area contributed by atoms with Crippen LogP contribution in [0.25, 0.3) is 0 Å². The molecule has 0 saturated carbocycles. The molecule has 86 valence electrons. The first-order valence-electron chi connectivity index (χ1n) is 5.14. The first-order valence-corrected chi connectivity index (χ1v) is 5.94. The summed E-state index contributed by atoms with van der Waals surface area (Å²) in [4.78, 5) is 2.16. The Labute approximate surface area is 105 Å². The van der Waals surface area contributed by atoms with Crippen molar-refractivity contribution in [3.05, 3.63) is 28.2 Å². The molecule has 0 aromatic heterocycles. The number of hydrogen-bond acceptors (Lipinski definition) is 3. The molecule has 4 heteroatoms. The van der Waals surface area contributed by atoms with E-state index in [4.69, 9.17) is 5.26 Å². The summed E-state index contributed by atoms with van der Waals surface area (Å²) >= 11 is 3.37. The third kappa shape index (κ3) is 3.51. The molecule has 0 spiro atoms. The Hall–Kier alpha value is -1.05. The average molecular weight is 282 g/mol. The molecule has 3 nitrogen and oxygen atoms in total. The molecular formula is C12H16BrN3. The van der Waals surface area contributed by atoms with Gasteiger partial charge in [-0.1, -0.05) is 0 Å². The molecule has 1 atom stereocenters. The number of anilines is 1. The van der Waals surface area contributed by atoms with Gasteiger partial charge in [0.2, 0.25) is 0 Å². The maximum absolute atomic E-state index is 8.79. The topological polar surface area (TPSA) is 39.1 Å². The average Bonchev–Trinajstić information content (AvgIpc) is 2.25. The first-order chi connectivity index (χ1) is 7.54. The summed E-state index contributed by atoms with van der Waals surface area (Å²) < 4.78 is 0.831. The molecule has 1 aromatic rings. The molecule has 1 N–H and O–H groups in total. The number of nitrogens with zero attached hydrogens (tertiary/aromatic N) is 2. The van der Waals surface area contributed by atoms with Gasteiger partial charge in [0.05, 0.1) is 5.56 Å². The van der Waals surface area contributed by atoms with E-state index in [9.17, 15) is 0 Å². The van der Waals surface area contributed by atoms with Crippen LogP contribution in [-0.2, 0) is 0 Å². The van der Waals surface area contributed by atoms with Crippen LogP contribution in [-0.4, -0.2) is 31.6 Å². The lowest BCUT2D eigenvalue weighted by atomic mass is 10.2. The fourth-order valence-corrected chi connectivity index (χ4v) is 1.63. The molecule has 0 bridgehead atoms. The number of halogens is 1. The maximum Gasteiger partial charge on any atom is 0.100 e. The Bertz CT molecular complexity index is 396. The maximum atomic E-state index is 8.79. The van der Waals surface area contributed by atoms with Gasteiger partial charge in [0.1, 0.15) is 6.07 Å². The molecule has 1 unspecified atom stereocenters. The molecular weight excluding hydrogens is 266 g/mol. The monoisotopic (exact) mass is 281 g/mol. The van der Waals surface area contributed by atoms with Gasteiger partial charge in [-0.2, -0.15) is 5.26 Å². The summed E-state index contributed by atoms with van der Waals surface area (Å²) in [5.74, 6) is 0. The predicted octanol–water partition coefficient (Wildman–Crippen LogP) is 2.68. The summed E-state index contributed by atoms with van der Waals surface area (Å²) in [5.41, 5.74) is 1.69. The van der Waals surface area contributed by atoms with Crippen LogP contribution in [0.1, 0.15) is 12.5 Å². The lowest BCUT2D eigenvalue weighted by Crippen LogP contribution is -2.31. The van der Waals surface area contributed by atoms with Crippen molar-refractivity contribution in [2.45, 2.75) is 13.0 Å². The van der Waals surface area contributed by atoms with Gasteiger partial charge in [-0.15, -0.1) is 0 Å². The van der Waals surface area contributed by atoms with E-state index in [1.165, 1.54) is 0 Å². The zero-order chi connectivity index (χ0) is 12.1. The number of rotatable bonds is 4. The van der Waals surface area contributed by atoms with Crippen molar-refractivity contribution >= 4 is 21.6 Å². The van der Waals surface area contributed by atoms with E-state index in [-0.39, 0.29) is 0 Å². The third-order valence-electron chi connectivity index (χ3n) is 2.57. The number of benzene rings is 1. The highest BCUT2D eigenvalue weighted by Crippen LogP contribution is 2.20. The van der Waals surface area contributed by atoms with Gasteiger partial charge in [-0.05, 0) is 55.1 Å². The van der Waals surface area contributed by atoms with Crippen LogP contribution in [0.15, 0.2) is 22.7 Å². The minimum atomic E-state index is 0.467. The summed E-state index contributed by atoms with van der Waals surface area (Å²) in [6, 6.07) is 8.26. The Morgan fingerprint density at radius 3 is 2.69 bits per heavy atom. The van der Waals surface area contributed by atoms with Crippen LogP contribution in [0.2, 0.25) is 0 Å². The zero-order valence-corrected chi connectivity index (χ0v) is 11.4. The van der Waals surface area contributed by atoms with Crippen molar-refractivity contribution in [2.75, 3.05) is 26.0 Å². The SMILES string of the molecule is CC(CNc1ccc(C#N)c(Br)c1)N(C)C. The summed E-state index contributed by atoms with van der Waals surface area (Å²) in [6.07, 6.45) is 0. The predicted molar refractivity (Wildman–Crippen MR) is 70.5 cm³/mol. The van der Waals surface area contributed by atoms with E-state index in [0.29, 0.717) is 11.6 Å². The lowest BCUT2D eigenvalue weighted by Gasteiger charge is -2.20. The van der Waals surface area contributed by atoms with Gasteiger partial charge in [-0.25, -0.2) is 0 Å². The van der Waals surface area contributed by atoms with Gasteiger partial charge in [0, 0.05) is 22.7 Å². The molecule has 0 fully saturated rings. The second-order valence-electron chi connectivity index (χ2n) is 4.00. The van der Waals surface area contributed by atoms with Crippen LogP contribution in [0, 0.1) is 11.3 Å². The van der Waals surface area contributed by atoms with Gasteiger partial charge in [0.25, 0.3) is 0 Å². The second kappa shape index (κ2) is 5.88. The van der Waals surface area contributed by atoms with E-state index < -0.39 is 0 Å². The standard InChI is InChI=1S/C12H16BrN3/c1-9(16(2)3)8-15-11-5-4-10(7-14)12(13)6-11/h4-6,9,15H,8H2,1-3H3. The van der Waals surface area contributed by atoms with E-state index in [1.54, 1.807) is 0 Å². The first kappa shape index (κ1) is 13.0. The van der Waals surface area contributed by atoms with E-state index in [1.807, 2.05) is 18.2 Å². The number of hydrogen-bond donors (Lipinski definition) is 1. The quantitative estimate of drug-likeness (QED) is 0.922. The zero-order valence-electron chi connectivity index (χ0n) is 9.79. The summed E-state index contributed by atoms with van der Waals surface area (Å²) in [5, 5.41) is 12.1. The highest BCUT2D eigenvalue weighted by Gasteiger charge is 2.05. The van der Waals surface area contributed by atoms with Crippen molar-refractivity contribution in [2.24, 2.45) is 0 Å². The highest BCUT2D eigenvalue weighted by atomic mass is 79.9. The van der Waals surface area contributed by atoms with Gasteiger partial charge in [0.15, 0.2) is 0 Å². The van der Waals surface area contributed by atoms with Crippen molar-refractivity contribution < 1.29 is 0 Å². The minimum absolute atomic E-state index is 0.467. The molecule has 0 aliphatic heterocycles. The lowest BCUT2D eigenvalue weighted by molar-refractivity contribution is 0.326. The van der Waals surface area contributed by atoms with Crippen molar-refractivity contribution in [3.8, 4) is 6.07 Å². The Morgan fingerprint density at radius 2 is 2.19 bits per heavy atom. The fraction of sp³-hybridized carbons (Fsp3) is 0.417. The van der Waals surface area contributed by atoms with E-state index in [0.717, 1.165) is 16.7 Å². The molecule has 0 radical (unpaired) electrons. The van der Waals surface area contributed by atoms with Crippen LogP contribution >= 0.6 is 15.9 Å². The van der Waals surface area contributed by atoms with Crippen molar-refractivity contribution in [1.29, 1.82) is 5.26 Å².